The smallest absolute Gasteiger partial charge is 0.0132 e. The summed E-state index contributed by atoms with van der Waals surface area (Å²) >= 11 is 0. The van der Waals surface area contributed by atoms with Crippen LogP contribution in [-0.4, -0.2) is 0 Å². The maximum Gasteiger partial charge on any atom is -0.0132 e. The summed E-state index contributed by atoms with van der Waals surface area (Å²) in [6.45, 7) is 12.8. The Morgan fingerprint density at radius 3 is 2.05 bits per heavy atom. The standard InChI is InChI=1S/C19H22/c1-14(2)16-7-6-8-17(13-16)15-9-11-18(12-10-15)19(3,4)5/h6-13H,1H2,2-5H3. The van der Waals surface area contributed by atoms with Gasteiger partial charge in [0, 0.05) is 0 Å². The van der Waals surface area contributed by atoms with Crippen LogP contribution < -0.4 is 0 Å². The molecule has 0 saturated carbocycles. The van der Waals surface area contributed by atoms with Crippen LogP contribution in [0.5, 0.6) is 0 Å². The Balaban J connectivity index is 2.37. The van der Waals surface area contributed by atoms with Crippen LogP contribution in [0.25, 0.3) is 16.7 Å². The zero-order chi connectivity index (χ0) is 14.0. The molecule has 0 aromatic heterocycles. The Morgan fingerprint density at radius 1 is 0.895 bits per heavy atom. The van der Waals surface area contributed by atoms with Crippen LogP contribution in [0.2, 0.25) is 0 Å². The highest BCUT2D eigenvalue weighted by Crippen LogP contribution is 2.27. The Hall–Kier alpha value is -1.82. The molecule has 19 heavy (non-hydrogen) atoms. The molecule has 0 nitrogen and oxygen atoms in total. The Labute approximate surface area is 116 Å². The van der Waals surface area contributed by atoms with E-state index in [0.717, 1.165) is 5.57 Å². The van der Waals surface area contributed by atoms with Crippen molar-refractivity contribution in [3.63, 3.8) is 0 Å². The quantitative estimate of drug-likeness (QED) is 0.643. The summed E-state index contributed by atoms with van der Waals surface area (Å²) in [4.78, 5) is 0. The summed E-state index contributed by atoms with van der Waals surface area (Å²) in [5.41, 5.74) is 6.40. The molecular formula is C19H22. The highest BCUT2D eigenvalue weighted by atomic mass is 14.2. The molecule has 2 rings (SSSR count). The molecule has 0 fully saturated rings. The Morgan fingerprint density at radius 2 is 1.53 bits per heavy atom. The van der Waals surface area contributed by atoms with E-state index in [2.05, 4.69) is 75.9 Å². The fraction of sp³-hybridized carbons (Fsp3) is 0.263. The van der Waals surface area contributed by atoms with Crippen LogP contribution in [0.3, 0.4) is 0 Å². The van der Waals surface area contributed by atoms with Crippen molar-refractivity contribution in [2.24, 2.45) is 0 Å². The van der Waals surface area contributed by atoms with E-state index in [4.69, 9.17) is 0 Å². The number of rotatable bonds is 2. The summed E-state index contributed by atoms with van der Waals surface area (Å²) in [6, 6.07) is 17.4. The average Bonchev–Trinajstić information content (AvgIpc) is 2.38. The molecule has 2 aromatic carbocycles. The third-order valence-electron chi connectivity index (χ3n) is 3.44. The van der Waals surface area contributed by atoms with Gasteiger partial charge in [0.2, 0.25) is 0 Å². The van der Waals surface area contributed by atoms with Gasteiger partial charge in [-0.25, -0.2) is 0 Å². The third kappa shape index (κ3) is 3.14. The molecule has 0 aliphatic rings. The molecule has 0 bridgehead atoms. The van der Waals surface area contributed by atoms with Crippen molar-refractivity contribution in [2.45, 2.75) is 33.1 Å². The number of hydrogen-bond donors (Lipinski definition) is 0. The first-order chi connectivity index (χ1) is 8.88. The predicted octanol–water partition coefficient (Wildman–Crippen LogP) is 5.68. The summed E-state index contributed by atoms with van der Waals surface area (Å²) in [6.07, 6.45) is 0. The minimum atomic E-state index is 0.206. The van der Waals surface area contributed by atoms with Crippen molar-refractivity contribution in [1.82, 2.24) is 0 Å². The molecule has 2 aromatic rings. The molecule has 0 heterocycles. The van der Waals surface area contributed by atoms with Gasteiger partial charge in [-0.1, -0.05) is 75.4 Å². The van der Waals surface area contributed by atoms with E-state index in [-0.39, 0.29) is 5.41 Å². The van der Waals surface area contributed by atoms with Gasteiger partial charge in [-0.3, -0.25) is 0 Å². The maximum absolute atomic E-state index is 4.01. The van der Waals surface area contributed by atoms with E-state index in [1.54, 1.807) is 0 Å². The molecule has 0 unspecified atom stereocenters. The van der Waals surface area contributed by atoms with Crippen molar-refractivity contribution in [3.05, 3.63) is 66.2 Å². The maximum atomic E-state index is 4.01. The zero-order valence-corrected chi connectivity index (χ0v) is 12.3. The monoisotopic (exact) mass is 250 g/mol. The highest BCUT2D eigenvalue weighted by molar-refractivity contribution is 5.71. The van der Waals surface area contributed by atoms with Gasteiger partial charge >= 0.3 is 0 Å². The van der Waals surface area contributed by atoms with Gasteiger partial charge in [0.05, 0.1) is 0 Å². The fourth-order valence-corrected chi connectivity index (χ4v) is 2.13. The van der Waals surface area contributed by atoms with Crippen LogP contribution in [0, 0.1) is 0 Å². The lowest BCUT2D eigenvalue weighted by Crippen LogP contribution is -2.10. The molecule has 0 aliphatic heterocycles. The van der Waals surface area contributed by atoms with Gasteiger partial charge in [0.15, 0.2) is 0 Å². The van der Waals surface area contributed by atoms with E-state index in [0.29, 0.717) is 0 Å². The van der Waals surface area contributed by atoms with Gasteiger partial charge in [-0.2, -0.15) is 0 Å². The first kappa shape index (κ1) is 13.6. The summed E-state index contributed by atoms with van der Waals surface area (Å²) in [5, 5.41) is 0. The molecule has 0 aliphatic carbocycles. The highest BCUT2D eigenvalue weighted by Gasteiger charge is 2.13. The molecule has 0 heteroatoms. The second-order valence-electron chi connectivity index (χ2n) is 6.19. The molecule has 0 spiro atoms. The molecule has 98 valence electrons. The Bertz CT molecular complexity index is 580. The fourth-order valence-electron chi connectivity index (χ4n) is 2.13. The van der Waals surface area contributed by atoms with E-state index in [1.165, 1.54) is 22.3 Å². The molecular weight excluding hydrogens is 228 g/mol. The predicted molar refractivity (Wildman–Crippen MR) is 85.3 cm³/mol. The largest absolute Gasteiger partial charge is 0.0955 e. The van der Waals surface area contributed by atoms with E-state index in [9.17, 15) is 0 Å². The lowest BCUT2D eigenvalue weighted by atomic mass is 9.86. The number of benzene rings is 2. The molecule has 0 N–H and O–H groups in total. The van der Waals surface area contributed by atoms with Crippen molar-refractivity contribution in [1.29, 1.82) is 0 Å². The summed E-state index contributed by atoms with van der Waals surface area (Å²) in [7, 11) is 0. The lowest BCUT2D eigenvalue weighted by Gasteiger charge is -2.19. The van der Waals surface area contributed by atoms with E-state index >= 15 is 0 Å². The second kappa shape index (κ2) is 5.05. The van der Waals surface area contributed by atoms with Gasteiger partial charge in [-0.05, 0) is 40.7 Å². The zero-order valence-electron chi connectivity index (χ0n) is 12.3. The van der Waals surface area contributed by atoms with E-state index < -0.39 is 0 Å². The topological polar surface area (TPSA) is 0 Å². The minimum Gasteiger partial charge on any atom is -0.0955 e. The number of hydrogen-bond acceptors (Lipinski definition) is 0. The Kier molecular flexibility index (Phi) is 3.61. The van der Waals surface area contributed by atoms with Crippen molar-refractivity contribution < 1.29 is 0 Å². The molecule has 0 radical (unpaired) electrons. The molecule has 0 amide bonds. The van der Waals surface area contributed by atoms with Crippen LogP contribution in [-0.2, 0) is 5.41 Å². The summed E-state index contributed by atoms with van der Waals surface area (Å²) < 4.78 is 0. The number of allylic oxidation sites excluding steroid dienone is 1. The first-order valence-corrected chi connectivity index (χ1v) is 6.75. The van der Waals surface area contributed by atoms with Crippen LogP contribution in [0.15, 0.2) is 55.1 Å². The van der Waals surface area contributed by atoms with Crippen LogP contribution >= 0.6 is 0 Å². The molecule has 0 saturated heterocycles. The average molecular weight is 250 g/mol. The first-order valence-electron chi connectivity index (χ1n) is 6.75. The van der Waals surface area contributed by atoms with Crippen molar-refractivity contribution >= 4 is 5.57 Å². The second-order valence-corrected chi connectivity index (χ2v) is 6.19. The van der Waals surface area contributed by atoms with Gasteiger partial charge in [-0.15, -0.1) is 0 Å². The minimum absolute atomic E-state index is 0.206. The normalized spacial score (nSPS) is 11.4. The van der Waals surface area contributed by atoms with Gasteiger partial charge in [0.1, 0.15) is 0 Å². The van der Waals surface area contributed by atoms with Gasteiger partial charge < -0.3 is 0 Å². The van der Waals surface area contributed by atoms with Crippen molar-refractivity contribution in [2.75, 3.05) is 0 Å². The summed E-state index contributed by atoms with van der Waals surface area (Å²) in [5.74, 6) is 0. The SMILES string of the molecule is C=C(C)c1cccc(-c2ccc(C(C)(C)C)cc2)c1. The van der Waals surface area contributed by atoms with Crippen LogP contribution in [0.1, 0.15) is 38.8 Å². The third-order valence-corrected chi connectivity index (χ3v) is 3.44. The lowest BCUT2D eigenvalue weighted by molar-refractivity contribution is 0.590. The molecule has 0 atom stereocenters. The van der Waals surface area contributed by atoms with E-state index in [1.807, 2.05) is 6.92 Å². The van der Waals surface area contributed by atoms with Crippen molar-refractivity contribution in [3.8, 4) is 11.1 Å². The van der Waals surface area contributed by atoms with Crippen LogP contribution in [0.4, 0.5) is 0 Å². The van der Waals surface area contributed by atoms with Gasteiger partial charge in [0.25, 0.3) is 0 Å².